The van der Waals surface area contributed by atoms with E-state index in [9.17, 15) is 4.57 Å². The van der Waals surface area contributed by atoms with Crippen molar-refractivity contribution in [1.82, 2.24) is 0 Å². The zero-order valence-corrected chi connectivity index (χ0v) is 7.86. The van der Waals surface area contributed by atoms with Crippen LogP contribution in [0.3, 0.4) is 0 Å². The van der Waals surface area contributed by atoms with Crippen LogP contribution in [0.25, 0.3) is 0 Å². The molecule has 0 heterocycles. The summed E-state index contributed by atoms with van der Waals surface area (Å²) in [6, 6.07) is 0. The van der Waals surface area contributed by atoms with Gasteiger partial charge in [0, 0.05) is 5.66 Å². The molecule has 1 nitrogen and oxygen atoms in total. The van der Waals surface area contributed by atoms with E-state index in [4.69, 9.17) is 0 Å². The lowest BCUT2D eigenvalue weighted by atomic mass is 10.1. The van der Waals surface area contributed by atoms with Gasteiger partial charge in [-0.2, -0.15) is 0 Å². The molecule has 1 atom stereocenters. The van der Waals surface area contributed by atoms with Crippen LogP contribution in [0.1, 0.15) is 46.0 Å². The van der Waals surface area contributed by atoms with E-state index in [0.29, 0.717) is 14.1 Å². The van der Waals surface area contributed by atoms with E-state index in [-0.39, 0.29) is 0 Å². The van der Waals surface area contributed by atoms with Gasteiger partial charge in [0.2, 0.25) is 0 Å². The molecule has 0 aromatic rings. The van der Waals surface area contributed by atoms with Crippen molar-refractivity contribution >= 4 is 8.46 Å². The molecule has 0 fully saturated rings. The number of hydrogen-bond donors (Lipinski definition) is 0. The Hall–Kier alpha value is 0.100. The molecule has 60 valence electrons. The first-order valence-corrected chi connectivity index (χ1v) is 5.02. The highest BCUT2D eigenvalue weighted by atomic mass is 31.1. The Bertz CT molecular complexity index is 83.3. The quantitative estimate of drug-likeness (QED) is 0.428. The van der Waals surface area contributed by atoms with Crippen LogP contribution in [0.4, 0.5) is 0 Å². The van der Waals surface area contributed by atoms with Gasteiger partial charge in [-0.1, -0.05) is 39.5 Å². The standard InChI is InChI=1S/C8H17OP/c1-3-4-5-6-7-8(2)10-9/h8H,3-7H2,1-2H3. The van der Waals surface area contributed by atoms with Crippen LogP contribution in [0.15, 0.2) is 0 Å². The largest absolute Gasteiger partial charge is 0.275 e. The van der Waals surface area contributed by atoms with Crippen molar-refractivity contribution in [2.45, 2.75) is 51.6 Å². The predicted molar refractivity (Wildman–Crippen MR) is 45.8 cm³/mol. The van der Waals surface area contributed by atoms with Crippen molar-refractivity contribution in [3.63, 3.8) is 0 Å². The van der Waals surface area contributed by atoms with Gasteiger partial charge >= 0.3 is 0 Å². The van der Waals surface area contributed by atoms with Crippen LogP contribution in [0.2, 0.25) is 0 Å². The normalized spacial score (nSPS) is 13.8. The molecule has 0 saturated carbocycles. The van der Waals surface area contributed by atoms with Crippen LogP contribution in [-0.4, -0.2) is 5.66 Å². The second-order valence-electron chi connectivity index (χ2n) is 2.80. The number of rotatable bonds is 6. The average Bonchev–Trinajstić information content (AvgIpc) is 1.98. The fourth-order valence-corrected chi connectivity index (χ4v) is 1.21. The molecule has 0 saturated heterocycles. The average molecular weight is 160 g/mol. The van der Waals surface area contributed by atoms with Crippen molar-refractivity contribution < 1.29 is 4.57 Å². The first-order chi connectivity index (χ1) is 4.81. The Morgan fingerprint density at radius 2 is 2.00 bits per heavy atom. The SMILES string of the molecule is CCCCCCC(C)P=O. The molecule has 0 amide bonds. The Balaban J connectivity index is 2.95. The maximum absolute atomic E-state index is 10.3. The maximum Gasteiger partial charge on any atom is 0.158 e. The van der Waals surface area contributed by atoms with Crippen LogP contribution in [0, 0.1) is 0 Å². The summed E-state index contributed by atoms with van der Waals surface area (Å²) in [5.74, 6) is 0. The molecule has 1 unspecified atom stereocenters. The highest BCUT2D eigenvalue weighted by Crippen LogP contribution is 2.14. The van der Waals surface area contributed by atoms with E-state index >= 15 is 0 Å². The highest BCUT2D eigenvalue weighted by molar-refractivity contribution is 7.24. The van der Waals surface area contributed by atoms with Crippen molar-refractivity contribution in [3.8, 4) is 0 Å². The van der Waals surface area contributed by atoms with Gasteiger partial charge in [-0.25, -0.2) is 0 Å². The van der Waals surface area contributed by atoms with Gasteiger partial charge in [-0.05, 0) is 6.42 Å². The lowest BCUT2D eigenvalue weighted by molar-refractivity contribution is 0.578. The summed E-state index contributed by atoms with van der Waals surface area (Å²) in [6.45, 7) is 4.23. The molecular weight excluding hydrogens is 143 g/mol. The third-order valence-corrected chi connectivity index (χ3v) is 2.27. The van der Waals surface area contributed by atoms with Crippen LogP contribution in [0.5, 0.6) is 0 Å². The fraction of sp³-hybridized carbons (Fsp3) is 1.00. The highest BCUT2D eigenvalue weighted by Gasteiger charge is 1.98. The topological polar surface area (TPSA) is 17.1 Å². The third-order valence-electron chi connectivity index (χ3n) is 1.66. The molecular formula is C8H17OP. The van der Waals surface area contributed by atoms with Crippen molar-refractivity contribution in [3.05, 3.63) is 0 Å². The first-order valence-electron chi connectivity index (χ1n) is 4.13. The minimum absolute atomic E-state index is 0.313. The molecule has 0 rings (SSSR count). The number of unbranched alkanes of at least 4 members (excludes halogenated alkanes) is 3. The number of hydrogen-bond acceptors (Lipinski definition) is 1. The fourth-order valence-electron chi connectivity index (χ4n) is 0.919. The molecule has 0 radical (unpaired) electrons. The second-order valence-corrected chi connectivity index (χ2v) is 3.90. The lowest BCUT2D eigenvalue weighted by Gasteiger charge is -2.00. The second kappa shape index (κ2) is 7.21. The van der Waals surface area contributed by atoms with Crippen molar-refractivity contribution in [2.24, 2.45) is 0 Å². The van der Waals surface area contributed by atoms with E-state index in [1.807, 2.05) is 6.92 Å². The molecule has 0 aliphatic heterocycles. The van der Waals surface area contributed by atoms with Gasteiger partial charge in [0.05, 0.1) is 0 Å². The molecule has 0 aromatic heterocycles. The summed E-state index contributed by atoms with van der Waals surface area (Å²) in [6.07, 6.45) is 6.26. The zero-order chi connectivity index (χ0) is 7.82. The molecule has 2 heteroatoms. The van der Waals surface area contributed by atoms with Gasteiger partial charge in [-0.3, -0.25) is 4.57 Å². The monoisotopic (exact) mass is 160 g/mol. The molecule has 10 heavy (non-hydrogen) atoms. The third kappa shape index (κ3) is 6.22. The van der Waals surface area contributed by atoms with E-state index in [1.165, 1.54) is 25.7 Å². The summed E-state index contributed by atoms with van der Waals surface area (Å²) >= 11 is 0. The molecule has 0 aliphatic carbocycles. The smallest absolute Gasteiger partial charge is 0.158 e. The summed E-state index contributed by atoms with van der Waals surface area (Å²) in [5, 5.41) is 0. The first kappa shape index (κ1) is 10.1. The molecule has 0 aromatic carbocycles. The van der Waals surface area contributed by atoms with Crippen LogP contribution < -0.4 is 0 Å². The minimum Gasteiger partial charge on any atom is -0.275 e. The molecule has 0 bridgehead atoms. The zero-order valence-electron chi connectivity index (χ0n) is 6.97. The molecule has 0 aliphatic rings. The van der Waals surface area contributed by atoms with Gasteiger partial charge in [0.15, 0.2) is 8.46 Å². The van der Waals surface area contributed by atoms with E-state index in [1.54, 1.807) is 0 Å². The Morgan fingerprint density at radius 1 is 1.30 bits per heavy atom. The Labute approximate surface area is 65.4 Å². The van der Waals surface area contributed by atoms with Crippen molar-refractivity contribution in [2.75, 3.05) is 0 Å². The molecule has 0 N–H and O–H groups in total. The lowest BCUT2D eigenvalue weighted by Crippen LogP contribution is -1.89. The summed E-state index contributed by atoms with van der Waals surface area (Å²) < 4.78 is 10.3. The van der Waals surface area contributed by atoms with Crippen LogP contribution in [-0.2, 0) is 4.57 Å². The van der Waals surface area contributed by atoms with E-state index in [0.717, 1.165) is 6.42 Å². The summed E-state index contributed by atoms with van der Waals surface area (Å²) in [7, 11) is 0.313. The molecule has 0 spiro atoms. The van der Waals surface area contributed by atoms with Crippen LogP contribution >= 0.6 is 8.46 Å². The van der Waals surface area contributed by atoms with Gasteiger partial charge in [0.25, 0.3) is 0 Å². The van der Waals surface area contributed by atoms with E-state index in [2.05, 4.69) is 6.92 Å². The maximum atomic E-state index is 10.3. The van der Waals surface area contributed by atoms with Gasteiger partial charge in [0.1, 0.15) is 0 Å². The van der Waals surface area contributed by atoms with E-state index < -0.39 is 0 Å². The predicted octanol–water partition coefficient (Wildman–Crippen LogP) is 3.64. The summed E-state index contributed by atoms with van der Waals surface area (Å²) in [4.78, 5) is 0. The Kier molecular flexibility index (Phi) is 7.28. The summed E-state index contributed by atoms with van der Waals surface area (Å²) in [5.41, 5.74) is 0.372. The Morgan fingerprint density at radius 3 is 2.50 bits per heavy atom. The van der Waals surface area contributed by atoms with Crippen molar-refractivity contribution in [1.29, 1.82) is 0 Å². The minimum atomic E-state index is 0.313. The van der Waals surface area contributed by atoms with Gasteiger partial charge in [-0.15, -0.1) is 0 Å². The van der Waals surface area contributed by atoms with Gasteiger partial charge < -0.3 is 0 Å².